The lowest BCUT2D eigenvalue weighted by Gasteiger charge is -2.39. The molecule has 1 aliphatic heterocycles. The molecule has 156 valence electrons. The van der Waals surface area contributed by atoms with Gasteiger partial charge in [0.25, 0.3) is 0 Å². The highest BCUT2D eigenvalue weighted by Crippen LogP contribution is 2.40. The van der Waals surface area contributed by atoms with Crippen molar-refractivity contribution >= 4 is 5.78 Å². The van der Waals surface area contributed by atoms with Crippen LogP contribution in [0, 0.1) is 19.8 Å². The fraction of sp³-hybridized carbons (Fsp3) is 0.650. The maximum atomic E-state index is 12.5. The largest absolute Gasteiger partial charge is 0.507 e. The molecule has 28 heavy (non-hydrogen) atoms. The van der Waals surface area contributed by atoms with Crippen molar-refractivity contribution in [3.05, 3.63) is 27.8 Å². The number of phenols is 1. The summed E-state index contributed by atoms with van der Waals surface area (Å²) in [5.74, 6) is 0.0136. The predicted molar refractivity (Wildman–Crippen MR) is 98.2 cm³/mol. The number of aliphatic hydroxyl groups excluding tert-OH is 4. The van der Waals surface area contributed by atoms with Gasteiger partial charge in [-0.3, -0.25) is 4.79 Å². The van der Waals surface area contributed by atoms with Crippen molar-refractivity contribution in [2.45, 2.75) is 64.3 Å². The molecular formula is C20H28O8. The van der Waals surface area contributed by atoms with Crippen molar-refractivity contribution < 1.29 is 39.8 Å². The zero-order valence-electron chi connectivity index (χ0n) is 16.3. The van der Waals surface area contributed by atoms with Crippen molar-refractivity contribution in [3.63, 3.8) is 0 Å². The Kier molecular flexibility index (Phi) is 6.09. The number of ether oxygens (including phenoxy) is 2. The van der Waals surface area contributed by atoms with Gasteiger partial charge in [0.1, 0.15) is 30.2 Å². The molecular weight excluding hydrogens is 368 g/mol. The van der Waals surface area contributed by atoms with Gasteiger partial charge in [-0.1, -0.05) is 6.92 Å². The molecule has 6 unspecified atom stereocenters. The Bertz CT molecular complexity index is 759. The number of phenolic OH excluding ortho intramolecular Hbond substituents is 1. The van der Waals surface area contributed by atoms with Crippen LogP contribution in [0.3, 0.4) is 0 Å². The van der Waals surface area contributed by atoms with Crippen LogP contribution >= 0.6 is 0 Å². The number of aliphatic hydroxyl groups is 4. The predicted octanol–water partition coefficient (Wildman–Crippen LogP) is -0.257. The Morgan fingerprint density at radius 3 is 2.43 bits per heavy atom. The first-order chi connectivity index (χ1) is 13.2. The molecule has 0 spiro atoms. The molecule has 1 saturated heterocycles. The van der Waals surface area contributed by atoms with Gasteiger partial charge in [0.05, 0.1) is 13.2 Å². The van der Waals surface area contributed by atoms with Gasteiger partial charge in [-0.05, 0) is 43.4 Å². The highest BCUT2D eigenvalue weighted by Gasteiger charge is 2.44. The SMILES string of the molecule is Cc1c(O)c2c(c(C)c1CCOC1OC(CO)C(O)C(O)C1O)C(=O)C(C)C2. The molecule has 6 atom stereocenters. The van der Waals surface area contributed by atoms with Gasteiger partial charge in [0, 0.05) is 17.0 Å². The summed E-state index contributed by atoms with van der Waals surface area (Å²) >= 11 is 0. The standard InChI is InChI=1S/C20H28O8/c1-8-6-12-14(15(8)22)9(2)11(10(3)16(12)23)4-5-27-20-19(26)18(25)17(24)13(7-21)28-20/h8,13,17-21,23-26H,4-7H2,1-3H3. The number of hydrogen-bond donors (Lipinski definition) is 5. The summed E-state index contributed by atoms with van der Waals surface area (Å²) in [6.07, 6.45) is -5.75. The molecule has 0 radical (unpaired) electrons. The smallest absolute Gasteiger partial charge is 0.186 e. The lowest BCUT2D eigenvalue weighted by molar-refractivity contribution is -0.300. The molecule has 0 saturated carbocycles. The number of fused-ring (bicyclic) bond motifs is 1. The minimum atomic E-state index is -1.50. The molecule has 2 aliphatic rings. The fourth-order valence-corrected chi connectivity index (χ4v) is 4.18. The van der Waals surface area contributed by atoms with E-state index in [4.69, 9.17) is 9.47 Å². The maximum absolute atomic E-state index is 12.5. The van der Waals surface area contributed by atoms with E-state index in [0.717, 1.165) is 11.1 Å². The molecule has 1 aliphatic carbocycles. The molecule has 8 nitrogen and oxygen atoms in total. The van der Waals surface area contributed by atoms with Crippen LogP contribution in [-0.4, -0.2) is 75.2 Å². The quantitative estimate of drug-likeness (QED) is 0.459. The van der Waals surface area contributed by atoms with Crippen molar-refractivity contribution in [2.75, 3.05) is 13.2 Å². The third-order valence-corrected chi connectivity index (χ3v) is 5.91. The number of hydrogen-bond acceptors (Lipinski definition) is 8. The average molecular weight is 396 g/mol. The van der Waals surface area contributed by atoms with E-state index < -0.39 is 37.3 Å². The van der Waals surface area contributed by atoms with E-state index in [1.54, 1.807) is 6.92 Å². The van der Waals surface area contributed by atoms with Gasteiger partial charge in [-0.15, -0.1) is 0 Å². The molecule has 1 heterocycles. The summed E-state index contributed by atoms with van der Waals surface area (Å²) in [5, 5.41) is 49.4. The number of aromatic hydroxyl groups is 1. The summed E-state index contributed by atoms with van der Waals surface area (Å²) in [4.78, 5) is 12.5. The van der Waals surface area contributed by atoms with Crippen LogP contribution in [0.5, 0.6) is 5.75 Å². The van der Waals surface area contributed by atoms with E-state index in [9.17, 15) is 30.3 Å². The number of Topliss-reactive ketones (excluding diaryl/α,β-unsaturated/α-hetero) is 1. The van der Waals surface area contributed by atoms with Crippen LogP contribution in [0.1, 0.15) is 39.5 Å². The van der Waals surface area contributed by atoms with Crippen LogP contribution < -0.4 is 0 Å². The first-order valence-corrected chi connectivity index (χ1v) is 9.49. The monoisotopic (exact) mass is 396 g/mol. The first kappa shape index (κ1) is 21.2. The van der Waals surface area contributed by atoms with Crippen molar-refractivity contribution in [1.29, 1.82) is 0 Å². The normalized spacial score (nSPS) is 32.6. The molecule has 1 aromatic rings. The molecule has 3 rings (SSSR count). The second kappa shape index (κ2) is 8.06. The third kappa shape index (κ3) is 3.45. The van der Waals surface area contributed by atoms with E-state index in [2.05, 4.69) is 0 Å². The summed E-state index contributed by atoms with van der Waals surface area (Å²) in [6, 6.07) is 0. The van der Waals surface area contributed by atoms with Crippen LogP contribution in [0.4, 0.5) is 0 Å². The van der Waals surface area contributed by atoms with Gasteiger partial charge in [0.15, 0.2) is 12.1 Å². The number of ketones is 1. The number of carbonyl (C=O) groups is 1. The molecule has 1 fully saturated rings. The van der Waals surface area contributed by atoms with Gasteiger partial charge >= 0.3 is 0 Å². The molecule has 8 heteroatoms. The Balaban J connectivity index is 1.74. The van der Waals surface area contributed by atoms with Crippen LogP contribution in [0.25, 0.3) is 0 Å². The Morgan fingerprint density at radius 2 is 1.79 bits per heavy atom. The van der Waals surface area contributed by atoms with Crippen LogP contribution in [0.2, 0.25) is 0 Å². The van der Waals surface area contributed by atoms with Gasteiger partial charge in [-0.2, -0.15) is 0 Å². The minimum absolute atomic E-state index is 0.0268. The Labute approximate surface area is 163 Å². The van der Waals surface area contributed by atoms with Crippen molar-refractivity contribution in [1.82, 2.24) is 0 Å². The van der Waals surface area contributed by atoms with Gasteiger partial charge in [-0.25, -0.2) is 0 Å². The minimum Gasteiger partial charge on any atom is -0.507 e. The molecule has 0 aromatic heterocycles. The van der Waals surface area contributed by atoms with E-state index in [1.807, 2.05) is 13.8 Å². The second-order valence-corrected chi connectivity index (χ2v) is 7.72. The zero-order chi connectivity index (χ0) is 20.7. The maximum Gasteiger partial charge on any atom is 0.186 e. The second-order valence-electron chi connectivity index (χ2n) is 7.72. The summed E-state index contributed by atoms with van der Waals surface area (Å²) in [5.41, 5.74) is 3.58. The van der Waals surface area contributed by atoms with E-state index in [0.29, 0.717) is 29.5 Å². The molecule has 5 N–H and O–H groups in total. The Hall–Kier alpha value is -1.55. The number of benzene rings is 1. The van der Waals surface area contributed by atoms with Gasteiger partial charge in [0.2, 0.25) is 0 Å². The highest BCUT2D eigenvalue weighted by molar-refractivity contribution is 6.04. The molecule has 0 bridgehead atoms. The van der Waals surface area contributed by atoms with Crippen LogP contribution in [-0.2, 0) is 22.3 Å². The average Bonchev–Trinajstić information content (AvgIpc) is 2.97. The molecule has 1 aromatic carbocycles. The van der Waals surface area contributed by atoms with E-state index in [-0.39, 0.29) is 24.1 Å². The summed E-state index contributed by atoms with van der Waals surface area (Å²) in [7, 11) is 0. The zero-order valence-corrected chi connectivity index (χ0v) is 16.3. The van der Waals surface area contributed by atoms with E-state index in [1.165, 1.54) is 0 Å². The van der Waals surface area contributed by atoms with E-state index >= 15 is 0 Å². The topological polar surface area (TPSA) is 137 Å². The number of carbonyl (C=O) groups excluding carboxylic acids is 1. The lowest BCUT2D eigenvalue weighted by atomic mass is 9.91. The summed E-state index contributed by atoms with van der Waals surface area (Å²) < 4.78 is 10.9. The molecule has 0 amide bonds. The lowest BCUT2D eigenvalue weighted by Crippen LogP contribution is -2.59. The number of rotatable bonds is 5. The third-order valence-electron chi connectivity index (χ3n) is 5.91. The van der Waals surface area contributed by atoms with Crippen molar-refractivity contribution in [2.24, 2.45) is 5.92 Å². The van der Waals surface area contributed by atoms with Gasteiger partial charge < -0.3 is 35.0 Å². The first-order valence-electron chi connectivity index (χ1n) is 9.49. The van der Waals surface area contributed by atoms with Crippen molar-refractivity contribution in [3.8, 4) is 5.75 Å². The summed E-state index contributed by atoms with van der Waals surface area (Å²) in [6.45, 7) is 5.05. The highest BCUT2D eigenvalue weighted by atomic mass is 16.7. The fourth-order valence-electron chi connectivity index (χ4n) is 4.18. The van der Waals surface area contributed by atoms with Crippen LogP contribution in [0.15, 0.2) is 0 Å². The Morgan fingerprint density at radius 1 is 1.11 bits per heavy atom.